The van der Waals surface area contributed by atoms with Crippen molar-refractivity contribution in [3.8, 4) is 0 Å². The van der Waals surface area contributed by atoms with E-state index in [2.05, 4.69) is 10.0 Å². The van der Waals surface area contributed by atoms with Gasteiger partial charge in [-0.15, -0.1) is 0 Å². The van der Waals surface area contributed by atoms with E-state index in [0.29, 0.717) is 33.8 Å². The second kappa shape index (κ2) is 7.27. The van der Waals surface area contributed by atoms with Crippen molar-refractivity contribution in [2.24, 2.45) is 0 Å². The van der Waals surface area contributed by atoms with Crippen molar-refractivity contribution >= 4 is 27.3 Å². The van der Waals surface area contributed by atoms with Gasteiger partial charge in [-0.25, -0.2) is 8.42 Å². The molecule has 0 saturated heterocycles. The van der Waals surface area contributed by atoms with Gasteiger partial charge in [0.25, 0.3) is 10.0 Å². The minimum Gasteiger partial charge on any atom is -0.326 e. The normalized spacial score (nSPS) is 11.2. The highest BCUT2D eigenvalue weighted by Gasteiger charge is 2.21. The highest BCUT2D eigenvalue weighted by molar-refractivity contribution is 7.92. The number of hydrogen-bond acceptors (Lipinski definition) is 3. The van der Waals surface area contributed by atoms with Gasteiger partial charge >= 0.3 is 0 Å². The van der Waals surface area contributed by atoms with E-state index in [1.807, 2.05) is 26.0 Å². The Morgan fingerprint density at radius 2 is 1.56 bits per heavy atom. The van der Waals surface area contributed by atoms with Gasteiger partial charge in [0.2, 0.25) is 5.91 Å². The van der Waals surface area contributed by atoms with E-state index in [4.69, 9.17) is 0 Å². The first-order chi connectivity index (χ1) is 11.6. The number of carbonyl (C=O) groups is 1. The molecule has 2 aromatic carbocycles. The van der Waals surface area contributed by atoms with Gasteiger partial charge in [-0.05, 0) is 56.5 Å². The maximum atomic E-state index is 12.9. The van der Waals surface area contributed by atoms with Crippen molar-refractivity contribution in [2.45, 2.75) is 45.9 Å². The van der Waals surface area contributed by atoms with Crippen LogP contribution in [0.2, 0.25) is 0 Å². The molecule has 1 amide bonds. The molecular formula is C19H24N2O3S. The lowest BCUT2D eigenvalue weighted by Crippen LogP contribution is -2.17. The number of sulfonamides is 1. The molecule has 0 saturated carbocycles. The van der Waals surface area contributed by atoms with E-state index in [1.54, 1.807) is 39.0 Å². The summed E-state index contributed by atoms with van der Waals surface area (Å²) in [5, 5.41) is 2.74. The number of hydrogen-bond donors (Lipinski definition) is 2. The Morgan fingerprint density at radius 1 is 0.960 bits per heavy atom. The first-order valence-electron chi connectivity index (χ1n) is 8.15. The van der Waals surface area contributed by atoms with Crippen molar-refractivity contribution in [1.82, 2.24) is 0 Å². The Labute approximate surface area is 149 Å². The highest BCUT2D eigenvalue weighted by Crippen LogP contribution is 2.27. The fraction of sp³-hybridized carbons (Fsp3) is 0.316. The van der Waals surface area contributed by atoms with E-state index in [-0.39, 0.29) is 5.91 Å². The largest absolute Gasteiger partial charge is 0.326 e. The zero-order valence-electron chi connectivity index (χ0n) is 15.2. The van der Waals surface area contributed by atoms with Crippen molar-refractivity contribution in [3.63, 3.8) is 0 Å². The molecule has 0 atom stereocenters. The maximum Gasteiger partial charge on any atom is 0.262 e. The summed E-state index contributed by atoms with van der Waals surface area (Å²) in [6, 6.07) is 8.87. The minimum absolute atomic E-state index is 0.122. The SMILES string of the molecule is CCC(=O)Nc1ccc(C)c(NS(=O)(=O)c2c(C)cc(C)cc2C)c1. The highest BCUT2D eigenvalue weighted by atomic mass is 32.2. The van der Waals surface area contributed by atoms with E-state index in [1.165, 1.54) is 0 Å². The van der Waals surface area contributed by atoms with Gasteiger partial charge in [0, 0.05) is 12.1 Å². The number of benzene rings is 2. The van der Waals surface area contributed by atoms with Crippen LogP contribution in [0.3, 0.4) is 0 Å². The summed E-state index contributed by atoms with van der Waals surface area (Å²) >= 11 is 0. The zero-order chi connectivity index (χ0) is 18.8. The Kier molecular flexibility index (Phi) is 5.52. The molecule has 134 valence electrons. The third kappa shape index (κ3) is 4.39. The molecule has 0 unspecified atom stereocenters. The number of rotatable bonds is 5. The predicted octanol–water partition coefficient (Wildman–Crippen LogP) is 4.07. The van der Waals surface area contributed by atoms with Crippen LogP contribution in [0.15, 0.2) is 35.2 Å². The van der Waals surface area contributed by atoms with Gasteiger partial charge in [0.1, 0.15) is 0 Å². The first kappa shape index (κ1) is 19.0. The molecule has 0 radical (unpaired) electrons. The molecule has 0 heterocycles. The van der Waals surface area contributed by atoms with Crippen molar-refractivity contribution < 1.29 is 13.2 Å². The number of carbonyl (C=O) groups excluding carboxylic acids is 1. The summed E-state index contributed by atoms with van der Waals surface area (Å²) in [5.74, 6) is -0.122. The van der Waals surface area contributed by atoms with E-state index in [9.17, 15) is 13.2 Å². The van der Waals surface area contributed by atoms with Gasteiger partial charge in [0.15, 0.2) is 0 Å². The van der Waals surface area contributed by atoms with Crippen LogP contribution in [-0.4, -0.2) is 14.3 Å². The zero-order valence-corrected chi connectivity index (χ0v) is 16.0. The second-order valence-electron chi connectivity index (χ2n) is 6.26. The van der Waals surface area contributed by atoms with E-state index >= 15 is 0 Å². The van der Waals surface area contributed by atoms with Crippen LogP contribution < -0.4 is 10.0 Å². The first-order valence-corrected chi connectivity index (χ1v) is 9.63. The summed E-state index contributed by atoms with van der Waals surface area (Å²) in [4.78, 5) is 11.8. The molecule has 0 bridgehead atoms. The Hall–Kier alpha value is -2.34. The average molecular weight is 360 g/mol. The van der Waals surface area contributed by atoms with Gasteiger partial charge < -0.3 is 5.32 Å². The Balaban J connectivity index is 2.41. The topological polar surface area (TPSA) is 75.3 Å². The molecule has 0 aliphatic heterocycles. The average Bonchev–Trinajstić information content (AvgIpc) is 2.48. The van der Waals surface area contributed by atoms with Crippen LogP contribution in [0.1, 0.15) is 35.6 Å². The van der Waals surface area contributed by atoms with Crippen LogP contribution in [0.25, 0.3) is 0 Å². The Morgan fingerprint density at radius 3 is 2.12 bits per heavy atom. The number of anilines is 2. The summed E-state index contributed by atoms with van der Waals surface area (Å²) in [6.07, 6.45) is 0.358. The number of nitrogens with one attached hydrogen (secondary N) is 2. The molecule has 0 aliphatic rings. The molecular weight excluding hydrogens is 336 g/mol. The molecule has 0 fully saturated rings. The van der Waals surface area contributed by atoms with Gasteiger partial charge in [-0.2, -0.15) is 0 Å². The molecule has 25 heavy (non-hydrogen) atoms. The molecule has 0 aliphatic carbocycles. The summed E-state index contributed by atoms with van der Waals surface area (Å²) < 4.78 is 28.5. The van der Waals surface area contributed by atoms with Crippen molar-refractivity contribution in [3.05, 3.63) is 52.6 Å². The second-order valence-corrected chi connectivity index (χ2v) is 7.88. The van der Waals surface area contributed by atoms with Crippen LogP contribution >= 0.6 is 0 Å². The molecule has 2 aromatic rings. The Bertz CT molecular complexity index is 895. The van der Waals surface area contributed by atoms with Crippen LogP contribution in [0.4, 0.5) is 11.4 Å². The van der Waals surface area contributed by atoms with E-state index < -0.39 is 10.0 Å². The smallest absolute Gasteiger partial charge is 0.262 e. The van der Waals surface area contributed by atoms with Gasteiger partial charge in [-0.1, -0.05) is 30.7 Å². The van der Waals surface area contributed by atoms with Gasteiger partial charge in [-0.3, -0.25) is 9.52 Å². The van der Waals surface area contributed by atoms with Crippen molar-refractivity contribution in [1.29, 1.82) is 0 Å². The van der Waals surface area contributed by atoms with E-state index in [0.717, 1.165) is 11.1 Å². The molecule has 6 heteroatoms. The lowest BCUT2D eigenvalue weighted by atomic mass is 10.1. The third-order valence-corrected chi connectivity index (χ3v) is 5.63. The molecule has 2 rings (SSSR count). The molecule has 5 nitrogen and oxygen atoms in total. The van der Waals surface area contributed by atoms with Crippen LogP contribution in [0.5, 0.6) is 0 Å². The minimum atomic E-state index is -3.73. The fourth-order valence-corrected chi connectivity index (χ4v) is 4.42. The monoisotopic (exact) mass is 360 g/mol. The van der Waals surface area contributed by atoms with Gasteiger partial charge in [0.05, 0.1) is 10.6 Å². The lowest BCUT2D eigenvalue weighted by molar-refractivity contribution is -0.115. The van der Waals surface area contributed by atoms with Crippen LogP contribution in [-0.2, 0) is 14.8 Å². The third-order valence-electron chi connectivity index (χ3n) is 3.96. The summed E-state index contributed by atoms with van der Waals surface area (Å²) in [7, 11) is -3.73. The molecule has 0 aromatic heterocycles. The molecule has 2 N–H and O–H groups in total. The predicted molar refractivity (Wildman–Crippen MR) is 102 cm³/mol. The van der Waals surface area contributed by atoms with Crippen molar-refractivity contribution in [2.75, 3.05) is 10.0 Å². The standard InChI is InChI=1S/C19H24N2O3S/c1-6-18(22)20-16-8-7-13(3)17(11-16)21-25(23,24)19-14(4)9-12(2)10-15(19)5/h7-11,21H,6H2,1-5H3,(H,20,22). The lowest BCUT2D eigenvalue weighted by Gasteiger charge is -2.16. The fourth-order valence-electron chi connectivity index (χ4n) is 2.85. The quantitative estimate of drug-likeness (QED) is 0.844. The molecule has 0 spiro atoms. The summed E-state index contributed by atoms with van der Waals surface area (Å²) in [6.45, 7) is 9.10. The van der Waals surface area contributed by atoms with Crippen LogP contribution in [0, 0.1) is 27.7 Å². The number of amides is 1. The summed E-state index contributed by atoms with van der Waals surface area (Å²) in [5.41, 5.74) is 4.23. The number of aryl methyl sites for hydroxylation is 4. The maximum absolute atomic E-state index is 12.9.